The van der Waals surface area contributed by atoms with Gasteiger partial charge in [-0.05, 0) is 30.7 Å². The number of hydrogen-bond acceptors (Lipinski definition) is 4. The summed E-state index contributed by atoms with van der Waals surface area (Å²) in [5, 5.41) is 15.9. The minimum Gasteiger partial charge on any atom is -0.325 e. The molecule has 1 amide bonds. The van der Waals surface area contributed by atoms with E-state index in [9.17, 15) is 14.9 Å². The van der Waals surface area contributed by atoms with E-state index in [1.165, 1.54) is 11.8 Å². The zero-order valence-corrected chi connectivity index (χ0v) is 12.3. The molecule has 0 radical (unpaired) electrons. The van der Waals surface area contributed by atoms with Crippen molar-refractivity contribution >= 4 is 29.0 Å². The van der Waals surface area contributed by atoms with Crippen LogP contribution in [0.15, 0.2) is 22.4 Å². The molecule has 1 aliphatic heterocycles. The predicted octanol–water partition coefficient (Wildman–Crippen LogP) is 3.80. The van der Waals surface area contributed by atoms with Crippen molar-refractivity contribution in [2.45, 2.75) is 38.0 Å². The van der Waals surface area contributed by atoms with E-state index >= 15 is 0 Å². The van der Waals surface area contributed by atoms with Crippen LogP contribution in [0.3, 0.4) is 0 Å². The summed E-state index contributed by atoms with van der Waals surface area (Å²) in [6.45, 7) is 3.75. The topological polar surface area (TPSA) is 72.2 Å². The van der Waals surface area contributed by atoms with Crippen LogP contribution in [0.2, 0.25) is 0 Å². The first kappa shape index (κ1) is 14.6. The number of amides is 1. The van der Waals surface area contributed by atoms with Gasteiger partial charge in [-0.25, -0.2) is 0 Å². The van der Waals surface area contributed by atoms with Crippen LogP contribution in [0.4, 0.5) is 11.4 Å². The zero-order chi connectivity index (χ0) is 14.7. The Kier molecular flexibility index (Phi) is 4.44. The van der Waals surface area contributed by atoms with Crippen LogP contribution >= 0.6 is 11.8 Å². The van der Waals surface area contributed by atoms with Crippen molar-refractivity contribution in [1.82, 2.24) is 0 Å². The maximum atomic E-state index is 11.6. The first-order valence-electron chi connectivity index (χ1n) is 6.47. The SMILES string of the molecule is CC/C=C/Sc1c(C)c([N+](=O)[O-])cc2c1NC(=O)CC2. The fourth-order valence-corrected chi connectivity index (χ4v) is 3.13. The number of nitrogens with one attached hydrogen (secondary N) is 1. The lowest BCUT2D eigenvalue weighted by molar-refractivity contribution is -0.385. The van der Waals surface area contributed by atoms with Crippen LogP contribution in [0.25, 0.3) is 0 Å². The average molecular weight is 292 g/mol. The number of nitrogens with zero attached hydrogens (tertiary/aromatic N) is 1. The minimum atomic E-state index is -0.361. The molecule has 6 heteroatoms. The molecule has 0 fully saturated rings. The third kappa shape index (κ3) is 2.85. The number of nitro benzene ring substituents is 1. The Morgan fingerprint density at radius 2 is 2.25 bits per heavy atom. The summed E-state index contributed by atoms with van der Waals surface area (Å²) in [5.74, 6) is -0.0351. The van der Waals surface area contributed by atoms with Gasteiger partial charge in [0.15, 0.2) is 0 Å². The van der Waals surface area contributed by atoms with E-state index in [0.29, 0.717) is 18.4 Å². The average Bonchev–Trinajstić information content (AvgIpc) is 2.41. The molecule has 2 rings (SSSR count). The molecule has 0 bridgehead atoms. The van der Waals surface area contributed by atoms with Gasteiger partial charge in [-0.2, -0.15) is 0 Å². The summed E-state index contributed by atoms with van der Waals surface area (Å²) in [6.07, 6.45) is 3.81. The quantitative estimate of drug-likeness (QED) is 0.520. The molecule has 106 valence electrons. The Hall–Kier alpha value is -1.82. The van der Waals surface area contributed by atoms with Crippen molar-refractivity contribution in [1.29, 1.82) is 0 Å². The molecule has 20 heavy (non-hydrogen) atoms. The van der Waals surface area contributed by atoms with Gasteiger partial charge in [0.25, 0.3) is 5.69 Å². The van der Waals surface area contributed by atoms with E-state index < -0.39 is 0 Å². The maximum Gasteiger partial charge on any atom is 0.273 e. The number of aryl methyl sites for hydroxylation is 1. The first-order valence-corrected chi connectivity index (χ1v) is 7.35. The molecule has 0 spiro atoms. The lowest BCUT2D eigenvalue weighted by Gasteiger charge is -2.21. The van der Waals surface area contributed by atoms with Gasteiger partial charge in [-0.3, -0.25) is 14.9 Å². The van der Waals surface area contributed by atoms with Crippen molar-refractivity contribution in [3.63, 3.8) is 0 Å². The summed E-state index contributed by atoms with van der Waals surface area (Å²) in [6, 6.07) is 1.58. The van der Waals surface area contributed by atoms with Crippen LogP contribution in [0.5, 0.6) is 0 Å². The van der Waals surface area contributed by atoms with Gasteiger partial charge in [0.1, 0.15) is 0 Å². The summed E-state index contributed by atoms with van der Waals surface area (Å²) >= 11 is 1.42. The smallest absolute Gasteiger partial charge is 0.273 e. The highest BCUT2D eigenvalue weighted by molar-refractivity contribution is 8.02. The van der Waals surface area contributed by atoms with Crippen LogP contribution in [-0.4, -0.2) is 10.8 Å². The van der Waals surface area contributed by atoms with Crippen LogP contribution in [0.1, 0.15) is 30.9 Å². The van der Waals surface area contributed by atoms with Gasteiger partial charge < -0.3 is 5.32 Å². The number of fused-ring (bicyclic) bond motifs is 1. The van der Waals surface area contributed by atoms with E-state index in [4.69, 9.17) is 0 Å². The fraction of sp³-hybridized carbons (Fsp3) is 0.357. The molecular formula is C14H16N2O3S. The number of allylic oxidation sites excluding steroid dienone is 1. The molecule has 0 unspecified atom stereocenters. The normalized spacial score (nSPS) is 14.2. The Morgan fingerprint density at radius 3 is 2.90 bits per heavy atom. The molecule has 1 aromatic carbocycles. The minimum absolute atomic E-state index is 0.0351. The molecule has 0 saturated heterocycles. The van der Waals surface area contributed by atoms with Gasteiger partial charge in [0.05, 0.1) is 10.6 Å². The number of benzene rings is 1. The number of hydrogen-bond donors (Lipinski definition) is 1. The second kappa shape index (κ2) is 6.09. The number of rotatable bonds is 4. The monoisotopic (exact) mass is 292 g/mol. The number of carbonyl (C=O) groups is 1. The van der Waals surface area contributed by atoms with Gasteiger partial charge in [0.2, 0.25) is 5.91 Å². The lowest BCUT2D eigenvalue weighted by atomic mass is 9.99. The highest BCUT2D eigenvalue weighted by Gasteiger charge is 2.25. The molecule has 1 aromatic rings. The second-order valence-electron chi connectivity index (χ2n) is 4.59. The van der Waals surface area contributed by atoms with E-state index in [1.807, 2.05) is 18.4 Å². The van der Waals surface area contributed by atoms with E-state index in [1.54, 1.807) is 13.0 Å². The van der Waals surface area contributed by atoms with Crippen molar-refractivity contribution in [2.75, 3.05) is 5.32 Å². The number of anilines is 1. The summed E-state index contributed by atoms with van der Waals surface area (Å²) < 4.78 is 0. The van der Waals surface area contributed by atoms with Crippen molar-refractivity contribution in [3.05, 3.63) is 38.8 Å². The summed E-state index contributed by atoms with van der Waals surface area (Å²) in [7, 11) is 0. The molecule has 1 aliphatic rings. The Morgan fingerprint density at radius 1 is 1.50 bits per heavy atom. The fourth-order valence-electron chi connectivity index (χ4n) is 2.13. The van der Waals surface area contributed by atoms with Crippen LogP contribution < -0.4 is 5.32 Å². The lowest BCUT2D eigenvalue weighted by Crippen LogP contribution is -2.20. The van der Waals surface area contributed by atoms with Crippen molar-refractivity contribution in [3.8, 4) is 0 Å². The number of nitro groups is 1. The van der Waals surface area contributed by atoms with E-state index in [0.717, 1.165) is 22.6 Å². The molecular weight excluding hydrogens is 276 g/mol. The van der Waals surface area contributed by atoms with Crippen molar-refractivity contribution < 1.29 is 9.72 Å². The third-order valence-electron chi connectivity index (χ3n) is 3.18. The highest BCUT2D eigenvalue weighted by Crippen LogP contribution is 2.41. The zero-order valence-electron chi connectivity index (χ0n) is 11.4. The first-order chi connectivity index (χ1) is 9.54. The largest absolute Gasteiger partial charge is 0.325 e. The Bertz CT molecular complexity index is 597. The van der Waals surface area contributed by atoms with Gasteiger partial charge >= 0.3 is 0 Å². The molecule has 0 aliphatic carbocycles. The standard InChI is InChI=1S/C14H16N2O3S/c1-3-4-7-20-14-9(2)11(16(18)19)8-10-5-6-12(17)15-13(10)14/h4,7-8H,3,5-6H2,1-2H3,(H,15,17)/b7-4+. The van der Waals surface area contributed by atoms with Gasteiger partial charge in [-0.1, -0.05) is 24.8 Å². The van der Waals surface area contributed by atoms with Crippen LogP contribution in [0, 0.1) is 17.0 Å². The molecule has 0 saturated carbocycles. The van der Waals surface area contributed by atoms with E-state index in [-0.39, 0.29) is 16.5 Å². The second-order valence-corrected chi connectivity index (χ2v) is 5.50. The maximum absolute atomic E-state index is 11.6. The number of thioether (sulfide) groups is 1. The van der Waals surface area contributed by atoms with Gasteiger partial charge in [-0.15, -0.1) is 0 Å². The Balaban J connectivity index is 2.54. The van der Waals surface area contributed by atoms with Crippen molar-refractivity contribution in [2.24, 2.45) is 0 Å². The van der Waals surface area contributed by atoms with E-state index in [2.05, 4.69) is 5.32 Å². The highest BCUT2D eigenvalue weighted by atomic mass is 32.2. The van der Waals surface area contributed by atoms with Crippen LogP contribution in [-0.2, 0) is 11.2 Å². The van der Waals surface area contributed by atoms with Gasteiger partial charge in [0, 0.05) is 22.9 Å². The number of carbonyl (C=O) groups excluding carboxylic acids is 1. The molecule has 0 aromatic heterocycles. The summed E-state index contributed by atoms with van der Waals surface area (Å²) in [4.78, 5) is 23.1. The third-order valence-corrected chi connectivity index (χ3v) is 4.26. The molecule has 0 atom stereocenters. The molecule has 1 N–H and O–H groups in total. The molecule has 5 nitrogen and oxygen atoms in total. The predicted molar refractivity (Wildman–Crippen MR) is 80.1 cm³/mol. The Labute approximate surface area is 121 Å². The molecule has 1 heterocycles. The summed E-state index contributed by atoms with van der Waals surface area (Å²) in [5.41, 5.74) is 2.29.